The Labute approximate surface area is 83.7 Å². The molecule has 0 heterocycles. The SMILES string of the molecule is CC[P+](CC)(CC)CCCO.[Cl-]. The molecule has 0 radical (unpaired) electrons. The first kappa shape index (κ1) is 15.2. The fraction of sp³-hybridized carbons (Fsp3) is 1.00. The summed E-state index contributed by atoms with van der Waals surface area (Å²) in [4.78, 5) is 0. The lowest BCUT2D eigenvalue weighted by molar-refractivity contribution is -0.00000366. The number of rotatable bonds is 6. The zero-order valence-corrected chi connectivity index (χ0v) is 10.2. The van der Waals surface area contributed by atoms with Crippen molar-refractivity contribution in [2.75, 3.05) is 31.3 Å². The molecule has 12 heavy (non-hydrogen) atoms. The molecule has 0 unspecified atom stereocenters. The molecule has 0 amide bonds. The fourth-order valence-corrected chi connectivity index (χ4v) is 4.65. The summed E-state index contributed by atoms with van der Waals surface area (Å²) in [6.45, 7) is 7.29. The Morgan fingerprint density at radius 1 is 1.00 bits per heavy atom. The first-order valence-corrected chi connectivity index (χ1v) is 7.23. The van der Waals surface area contributed by atoms with Crippen molar-refractivity contribution in [1.29, 1.82) is 0 Å². The minimum absolute atomic E-state index is 0. The van der Waals surface area contributed by atoms with Gasteiger partial charge in [0.25, 0.3) is 0 Å². The molecule has 0 fully saturated rings. The molecule has 0 saturated heterocycles. The van der Waals surface area contributed by atoms with Crippen LogP contribution in [0.1, 0.15) is 27.2 Å². The second-order valence-electron chi connectivity index (χ2n) is 3.09. The van der Waals surface area contributed by atoms with Gasteiger partial charge in [-0.3, -0.25) is 0 Å². The highest BCUT2D eigenvalue weighted by Crippen LogP contribution is 2.57. The van der Waals surface area contributed by atoms with Gasteiger partial charge < -0.3 is 17.5 Å². The average molecular weight is 213 g/mol. The van der Waals surface area contributed by atoms with Crippen LogP contribution in [0.3, 0.4) is 0 Å². The lowest BCUT2D eigenvalue weighted by atomic mass is 10.5. The summed E-state index contributed by atoms with van der Waals surface area (Å²) in [5, 5.41) is 8.73. The maximum absolute atomic E-state index is 8.73. The van der Waals surface area contributed by atoms with Crippen molar-refractivity contribution < 1.29 is 17.5 Å². The Morgan fingerprint density at radius 2 is 1.42 bits per heavy atom. The molecule has 0 aromatic heterocycles. The van der Waals surface area contributed by atoms with E-state index in [0.717, 1.165) is 6.42 Å². The standard InChI is InChI=1S/C9H22OP.ClH/c1-4-11(5-2,6-3)9-7-8-10;/h10H,4-9H2,1-3H3;1H/q+1;/p-1. The van der Waals surface area contributed by atoms with Crippen LogP contribution in [0.5, 0.6) is 0 Å². The molecule has 0 aliphatic carbocycles. The highest BCUT2D eigenvalue weighted by atomic mass is 35.5. The summed E-state index contributed by atoms with van der Waals surface area (Å²) in [5.74, 6) is 0. The van der Waals surface area contributed by atoms with E-state index in [1.54, 1.807) is 0 Å². The van der Waals surface area contributed by atoms with E-state index in [4.69, 9.17) is 5.11 Å². The Kier molecular flexibility index (Phi) is 10.5. The van der Waals surface area contributed by atoms with Crippen molar-refractivity contribution >= 4 is 7.26 Å². The minimum atomic E-state index is -0.615. The van der Waals surface area contributed by atoms with Crippen molar-refractivity contribution in [3.05, 3.63) is 0 Å². The van der Waals surface area contributed by atoms with Crippen LogP contribution in [0.25, 0.3) is 0 Å². The summed E-state index contributed by atoms with van der Waals surface area (Å²) in [6.07, 6.45) is 6.40. The maximum atomic E-state index is 8.73. The molecule has 0 bridgehead atoms. The number of hydrogen-bond acceptors (Lipinski definition) is 1. The largest absolute Gasteiger partial charge is 1.00 e. The molecule has 1 N–H and O–H groups in total. The first-order chi connectivity index (χ1) is 5.24. The molecule has 0 aliphatic heterocycles. The molecule has 0 atom stereocenters. The lowest BCUT2D eigenvalue weighted by Crippen LogP contribution is -3.00. The van der Waals surface area contributed by atoms with Gasteiger partial charge in [-0.2, -0.15) is 0 Å². The van der Waals surface area contributed by atoms with E-state index in [9.17, 15) is 0 Å². The van der Waals surface area contributed by atoms with E-state index in [1.807, 2.05) is 0 Å². The van der Waals surface area contributed by atoms with E-state index in [0.29, 0.717) is 6.61 Å². The van der Waals surface area contributed by atoms with Crippen molar-refractivity contribution in [1.82, 2.24) is 0 Å². The van der Waals surface area contributed by atoms with Gasteiger partial charge in [0, 0.05) is 20.3 Å². The summed E-state index contributed by atoms with van der Waals surface area (Å²) < 4.78 is 0. The number of aliphatic hydroxyl groups is 1. The van der Waals surface area contributed by atoms with E-state index in [-0.39, 0.29) is 12.4 Å². The van der Waals surface area contributed by atoms with E-state index in [2.05, 4.69) is 20.8 Å². The predicted octanol–water partition coefficient (Wildman–Crippen LogP) is -0.550. The van der Waals surface area contributed by atoms with Crippen LogP contribution in [-0.2, 0) is 0 Å². The normalized spacial score (nSPS) is 11.0. The number of halogens is 1. The van der Waals surface area contributed by atoms with Crippen LogP contribution >= 0.6 is 7.26 Å². The molecule has 76 valence electrons. The molecule has 1 nitrogen and oxygen atoms in total. The van der Waals surface area contributed by atoms with Gasteiger partial charge >= 0.3 is 0 Å². The average Bonchev–Trinajstić information content (AvgIpc) is 2.08. The second-order valence-corrected chi connectivity index (χ2v) is 8.12. The Hall–Kier alpha value is 0.680. The highest BCUT2D eigenvalue weighted by molar-refractivity contribution is 7.75. The van der Waals surface area contributed by atoms with Crippen LogP contribution in [0.4, 0.5) is 0 Å². The van der Waals surface area contributed by atoms with E-state index < -0.39 is 7.26 Å². The van der Waals surface area contributed by atoms with Gasteiger partial charge in [-0.1, -0.05) is 0 Å². The maximum Gasteiger partial charge on any atom is 0.0615 e. The van der Waals surface area contributed by atoms with E-state index >= 15 is 0 Å². The van der Waals surface area contributed by atoms with Gasteiger partial charge in [0.15, 0.2) is 0 Å². The summed E-state index contributed by atoms with van der Waals surface area (Å²) >= 11 is 0. The van der Waals surface area contributed by atoms with Crippen LogP contribution in [-0.4, -0.2) is 36.4 Å². The van der Waals surface area contributed by atoms with Crippen molar-refractivity contribution in [2.24, 2.45) is 0 Å². The van der Waals surface area contributed by atoms with Gasteiger partial charge in [-0.25, -0.2) is 0 Å². The molecule has 0 rings (SSSR count). The Bertz CT molecular complexity index is 86.3. The Morgan fingerprint density at radius 3 is 1.67 bits per heavy atom. The molecule has 0 spiro atoms. The van der Waals surface area contributed by atoms with Gasteiger partial charge in [0.2, 0.25) is 0 Å². The molecule has 3 heteroatoms. The van der Waals surface area contributed by atoms with Gasteiger partial charge in [-0.15, -0.1) is 0 Å². The van der Waals surface area contributed by atoms with Gasteiger partial charge in [0.05, 0.1) is 24.6 Å². The van der Waals surface area contributed by atoms with E-state index in [1.165, 1.54) is 24.6 Å². The summed E-state index contributed by atoms with van der Waals surface area (Å²) in [6, 6.07) is 0. The predicted molar refractivity (Wildman–Crippen MR) is 55.1 cm³/mol. The van der Waals surface area contributed by atoms with Crippen molar-refractivity contribution in [2.45, 2.75) is 27.2 Å². The fourth-order valence-electron chi connectivity index (χ4n) is 1.55. The third kappa shape index (κ3) is 4.64. The summed E-state index contributed by atoms with van der Waals surface area (Å²) in [5.41, 5.74) is 0. The van der Waals surface area contributed by atoms with Crippen LogP contribution in [0.2, 0.25) is 0 Å². The van der Waals surface area contributed by atoms with Gasteiger partial charge in [-0.05, 0) is 20.8 Å². The minimum Gasteiger partial charge on any atom is -1.00 e. The molecule has 0 aromatic carbocycles. The second kappa shape index (κ2) is 8.29. The molecular weight excluding hydrogens is 191 g/mol. The third-order valence-electron chi connectivity index (χ3n) is 2.80. The monoisotopic (exact) mass is 212 g/mol. The van der Waals surface area contributed by atoms with Crippen LogP contribution in [0.15, 0.2) is 0 Å². The molecular formula is C9H22ClOP. The quantitative estimate of drug-likeness (QED) is 0.586. The Balaban J connectivity index is 0. The third-order valence-corrected chi connectivity index (χ3v) is 8.09. The molecule has 0 saturated carbocycles. The molecule has 0 aliphatic rings. The smallest absolute Gasteiger partial charge is 0.0615 e. The van der Waals surface area contributed by atoms with Crippen LogP contribution in [0, 0.1) is 0 Å². The lowest BCUT2D eigenvalue weighted by Gasteiger charge is -2.22. The van der Waals surface area contributed by atoms with Crippen molar-refractivity contribution in [3.63, 3.8) is 0 Å². The van der Waals surface area contributed by atoms with Gasteiger partial charge in [0.1, 0.15) is 0 Å². The topological polar surface area (TPSA) is 20.2 Å². The summed E-state index contributed by atoms with van der Waals surface area (Å²) in [7, 11) is -0.615. The zero-order chi connectivity index (χ0) is 8.74. The zero-order valence-electron chi connectivity index (χ0n) is 8.52. The number of hydrogen-bond donors (Lipinski definition) is 1. The highest BCUT2D eigenvalue weighted by Gasteiger charge is 2.29. The number of aliphatic hydroxyl groups excluding tert-OH is 1. The molecule has 0 aromatic rings. The first-order valence-electron chi connectivity index (χ1n) is 4.70. The van der Waals surface area contributed by atoms with Crippen molar-refractivity contribution in [3.8, 4) is 0 Å². The van der Waals surface area contributed by atoms with Crippen LogP contribution < -0.4 is 12.4 Å².